The van der Waals surface area contributed by atoms with Crippen molar-refractivity contribution in [3.8, 4) is 0 Å². The van der Waals surface area contributed by atoms with Crippen LogP contribution >= 0.6 is 0 Å². The molecule has 0 N–H and O–H groups in total. The molecular formula is C13H14Ti. The molecule has 0 spiro atoms. The van der Waals surface area contributed by atoms with Gasteiger partial charge < -0.3 is 0 Å². The Labute approximate surface area is 102 Å². The van der Waals surface area contributed by atoms with Gasteiger partial charge in [0, 0.05) is 0 Å². The van der Waals surface area contributed by atoms with Gasteiger partial charge in [0.1, 0.15) is 0 Å². The number of rotatable bonds is 0. The van der Waals surface area contributed by atoms with E-state index in [1.54, 1.807) is 0 Å². The Morgan fingerprint density at radius 3 is 2.00 bits per heavy atom. The van der Waals surface area contributed by atoms with Gasteiger partial charge in [0.25, 0.3) is 0 Å². The topological polar surface area (TPSA) is 0 Å². The molecule has 0 unspecified atom stereocenters. The molecule has 1 aromatic rings. The summed E-state index contributed by atoms with van der Waals surface area (Å²) in [7, 11) is 0. The van der Waals surface area contributed by atoms with Crippen molar-refractivity contribution < 1.29 is 21.7 Å². The van der Waals surface area contributed by atoms with E-state index in [1.165, 1.54) is 11.1 Å². The minimum absolute atomic E-state index is 0. The second kappa shape index (κ2) is 7.78. The van der Waals surface area contributed by atoms with Gasteiger partial charge in [0.15, 0.2) is 0 Å². The smallest absolute Gasteiger partial charge is 0.273 e. The van der Waals surface area contributed by atoms with E-state index in [0.29, 0.717) is 0 Å². The van der Waals surface area contributed by atoms with Crippen LogP contribution in [-0.4, -0.2) is 0 Å². The SMILES string of the molecule is Cc1[c-]c(C)ccc1.[C-]1=CC=CC1.[Ti+2]. The average Bonchev–Trinajstić information content (AvgIpc) is 2.59. The van der Waals surface area contributed by atoms with Gasteiger partial charge in [-0.15, -0.1) is 6.42 Å². The van der Waals surface area contributed by atoms with Crippen molar-refractivity contribution in [2.75, 3.05) is 0 Å². The van der Waals surface area contributed by atoms with Crippen LogP contribution in [0.25, 0.3) is 0 Å². The van der Waals surface area contributed by atoms with Crippen LogP contribution in [-0.2, 0) is 21.7 Å². The summed E-state index contributed by atoms with van der Waals surface area (Å²) in [5, 5.41) is 0. The molecule has 0 heterocycles. The zero-order chi connectivity index (χ0) is 9.52. The monoisotopic (exact) mass is 218 g/mol. The first kappa shape index (κ1) is 13.4. The summed E-state index contributed by atoms with van der Waals surface area (Å²) in [6, 6.07) is 9.31. The summed E-state index contributed by atoms with van der Waals surface area (Å²) in [6.45, 7) is 4.10. The molecule has 0 fully saturated rings. The molecule has 1 aromatic carbocycles. The van der Waals surface area contributed by atoms with Gasteiger partial charge in [-0.05, 0) is 0 Å². The summed E-state index contributed by atoms with van der Waals surface area (Å²) in [4.78, 5) is 0. The van der Waals surface area contributed by atoms with E-state index in [4.69, 9.17) is 0 Å². The minimum atomic E-state index is 0. The Bertz CT molecular complexity index is 284. The molecule has 0 saturated carbocycles. The quantitative estimate of drug-likeness (QED) is 0.462. The van der Waals surface area contributed by atoms with E-state index < -0.39 is 0 Å². The molecule has 0 nitrogen and oxygen atoms in total. The summed E-state index contributed by atoms with van der Waals surface area (Å²) >= 11 is 0. The van der Waals surface area contributed by atoms with Gasteiger partial charge in [-0.2, -0.15) is 41.5 Å². The first-order valence-corrected chi connectivity index (χ1v) is 4.46. The fourth-order valence-electron chi connectivity index (χ4n) is 1.07. The van der Waals surface area contributed by atoms with E-state index in [-0.39, 0.29) is 21.7 Å². The molecule has 14 heavy (non-hydrogen) atoms. The maximum atomic E-state index is 3.17. The fourth-order valence-corrected chi connectivity index (χ4v) is 1.07. The van der Waals surface area contributed by atoms with E-state index in [9.17, 15) is 0 Å². The molecule has 0 radical (unpaired) electrons. The molecule has 0 aromatic heterocycles. The third-order valence-corrected chi connectivity index (χ3v) is 1.67. The van der Waals surface area contributed by atoms with Gasteiger partial charge in [-0.3, -0.25) is 6.08 Å². The molecule has 1 aliphatic carbocycles. The molecule has 0 aliphatic heterocycles. The average molecular weight is 218 g/mol. The van der Waals surface area contributed by atoms with Gasteiger partial charge >= 0.3 is 21.7 Å². The first-order chi connectivity index (χ1) is 6.29. The Balaban J connectivity index is 0.000000246. The van der Waals surface area contributed by atoms with Crippen LogP contribution < -0.4 is 0 Å². The third kappa shape index (κ3) is 5.96. The first-order valence-electron chi connectivity index (χ1n) is 4.46. The van der Waals surface area contributed by atoms with Crippen LogP contribution in [0.1, 0.15) is 17.5 Å². The predicted octanol–water partition coefficient (Wildman–Crippen LogP) is 3.41. The Kier molecular flexibility index (Phi) is 7.46. The molecular weight excluding hydrogens is 204 g/mol. The van der Waals surface area contributed by atoms with E-state index in [1.807, 2.05) is 44.2 Å². The zero-order valence-corrected chi connectivity index (χ0v) is 10.2. The maximum absolute atomic E-state index is 3.17. The summed E-state index contributed by atoms with van der Waals surface area (Å²) in [6.07, 6.45) is 10.0. The van der Waals surface area contributed by atoms with Gasteiger partial charge in [-0.1, -0.05) is 13.8 Å². The van der Waals surface area contributed by atoms with Crippen molar-refractivity contribution in [3.63, 3.8) is 0 Å². The largest absolute Gasteiger partial charge is 2.00 e. The molecule has 0 bridgehead atoms. The summed E-state index contributed by atoms with van der Waals surface area (Å²) in [5.74, 6) is 0. The zero-order valence-electron chi connectivity index (χ0n) is 8.67. The van der Waals surface area contributed by atoms with Crippen LogP contribution in [0.2, 0.25) is 0 Å². The van der Waals surface area contributed by atoms with E-state index in [0.717, 1.165) is 6.42 Å². The Hall–Kier alpha value is -0.586. The standard InChI is InChI=1S/C8H9.C5H5.Ti/c1-7-4-3-5-8(2)6-7;1-2-4-5-3-1;/h3-5H,1-2H3;1-3H,4H2;/q2*-1;+2. The molecule has 2 rings (SSSR count). The van der Waals surface area contributed by atoms with Crippen molar-refractivity contribution in [1.82, 2.24) is 0 Å². The number of hydrogen-bond acceptors (Lipinski definition) is 0. The van der Waals surface area contributed by atoms with E-state index >= 15 is 0 Å². The van der Waals surface area contributed by atoms with Gasteiger partial charge in [0.05, 0.1) is 0 Å². The molecule has 0 amide bonds. The van der Waals surface area contributed by atoms with Gasteiger partial charge in [-0.25, -0.2) is 12.2 Å². The molecule has 70 valence electrons. The number of aryl methyl sites for hydroxylation is 2. The Morgan fingerprint density at radius 2 is 1.79 bits per heavy atom. The molecule has 1 aliphatic rings. The number of benzene rings is 1. The molecule has 0 atom stereocenters. The van der Waals surface area contributed by atoms with Crippen LogP contribution in [0, 0.1) is 26.0 Å². The minimum Gasteiger partial charge on any atom is -0.273 e. The van der Waals surface area contributed by atoms with Gasteiger partial charge in [0.2, 0.25) is 0 Å². The summed E-state index contributed by atoms with van der Waals surface area (Å²) in [5.41, 5.74) is 2.43. The predicted molar refractivity (Wildman–Crippen MR) is 56.3 cm³/mol. The van der Waals surface area contributed by atoms with Crippen molar-refractivity contribution in [2.24, 2.45) is 0 Å². The molecule has 0 saturated heterocycles. The van der Waals surface area contributed by atoms with Crippen molar-refractivity contribution in [1.29, 1.82) is 0 Å². The van der Waals surface area contributed by atoms with Crippen molar-refractivity contribution >= 4 is 0 Å². The number of allylic oxidation sites excluding steroid dienone is 4. The summed E-state index contributed by atoms with van der Waals surface area (Å²) < 4.78 is 0. The molecule has 1 heteroatoms. The fraction of sp³-hybridized carbons (Fsp3) is 0.231. The Morgan fingerprint density at radius 1 is 1.14 bits per heavy atom. The normalized spacial score (nSPS) is 11.6. The van der Waals surface area contributed by atoms with E-state index in [2.05, 4.69) is 18.2 Å². The van der Waals surface area contributed by atoms with Crippen LogP contribution in [0.15, 0.2) is 36.4 Å². The van der Waals surface area contributed by atoms with Crippen molar-refractivity contribution in [3.05, 3.63) is 59.7 Å². The third-order valence-electron chi connectivity index (χ3n) is 1.67. The second-order valence-electron chi connectivity index (χ2n) is 3.02. The van der Waals surface area contributed by atoms with Crippen LogP contribution in [0.3, 0.4) is 0 Å². The van der Waals surface area contributed by atoms with Crippen molar-refractivity contribution in [2.45, 2.75) is 20.3 Å². The van der Waals surface area contributed by atoms with Crippen LogP contribution in [0.5, 0.6) is 0 Å². The maximum Gasteiger partial charge on any atom is 2.00 e. The van der Waals surface area contributed by atoms with Crippen LogP contribution in [0.4, 0.5) is 0 Å². The second-order valence-corrected chi connectivity index (χ2v) is 3.02. The number of hydrogen-bond donors (Lipinski definition) is 0.